The highest BCUT2D eigenvalue weighted by Crippen LogP contribution is 2.11. The Morgan fingerprint density at radius 1 is 1.21 bits per heavy atom. The first-order chi connectivity index (χ1) is 9.08. The van der Waals surface area contributed by atoms with E-state index >= 15 is 0 Å². The molecule has 0 bridgehead atoms. The van der Waals surface area contributed by atoms with Gasteiger partial charge in [0.15, 0.2) is 0 Å². The number of nitrogens with zero attached hydrogens (tertiary/aromatic N) is 1. The minimum absolute atomic E-state index is 0.207. The molecule has 0 aliphatic carbocycles. The smallest absolute Gasteiger partial charge is 0.226 e. The van der Waals surface area contributed by atoms with Gasteiger partial charge >= 0.3 is 0 Å². The maximum Gasteiger partial charge on any atom is 0.226 e. The van der Waals surface area contributed by atoms with Crippen LogP contribution >= 0.6 is 0 Å². The lowest BCUT2D eigenvalue weighted by Crippen LogP contribution is -2.34. The molecule has 0 fully saturated rings. The molecule has 0 heterocycles. The summed E-state index contributed by atoms with van der Waals surface area (Å²) in [6, 6.07) is 6.25. The molecule has 1 amide bonds. The SMILES string of the molecule is CCCN(CCCN)C(=O)Cc1ccc(C)c(C)c1. The lowest BCUT2D eigenvalue weighted by Gasteiger charge is -2.22. The number of aryl methyl sites for hydroxylation is 2. The van der Waals surface area contributed by atoms with Crippen molar-refractivity contribution in [1.29, 1.82) is 0 Å². The predicted octanol–water partition coefficient (Wildman–Crippen LogP) is 2.43. The molecule has 0 aliphatic rings. The Morgan fingerprint density at radius 3 is 2.53 bits per heavy atom. The summed E-state index contributed by atoms with van der Waals surface area (Å²) in [6.07, 6.45) is 2.35. The lowest BCUT2D eigenvalue weighted by atomic mass is 10.0. The second kappa shape index (κ2) is 7.95. The van der Waals surface area contributed by atoms with Crippen LogP contribution in [-0.2, 0) is 11.2 Å². The maximum absolute atomic E-state index is 12.3. The first-order valence-electron chi connectivity index (χ1n) is 7.12. The van der Waals surface area contributed by atoms with Crippen LogP contribution in [0.1, 0.15) is 36.5 Å². The van der Waals surface area contributed by atoms with Crippen molar-refractivity contribution >= 4 is 5.91 Å². The summed E-state index contributed by atoms with van der Waals surface area (Å²) in [6.45, 7) is 8.50. The Morgan fingerprint density at radius 2 is 1.95 bits per heavy atom. The zero-order valence-electron chi connectivity index (χ0n) is 12.4. The zero-order valence-corrected chi connectivity index (χ0v) is 12.4. The number of nitrogens with two attached hydrogens (primary N) is 1. The normalized spacial score (nSPS) is 10.5. The van der Waals surface area contributed by atoms with E-state index in [0.717, 1.165) is 31.5 Å². The number of amides is 1. The van der Waals surface area contributed by atoms with E-state index in [2.05, 4.69) is 32.9 Å². The molecule has 1 aromatic carbocycles. The van der Waals surface area contributed by atoms with E-state index in [4.69, 9.17) is 5.73 Å². The number of benzene rings is 1. The standard InChI is InChI=1S/C16H26N2O/c1-4-9-18(10-5-8-17)16(19)12-15-7-6-13(2)14(3)11-15/h6-7,11H,4-5,8-10,12,17H2,1-3H3. The summed E-state index contributed by atoms with van der Waals surface area (Å²) in [7, 11) is 0. The van der Waals surface area contributed by atoms with E-state index in [0.29, 0.717) is 13.0 Å². The van der Waals surface area contributed by atoms with Gasteiger partial charge in [-0.25, -0.2) is 0 Å². The highest BCUT2D eigenvalue weighted by atomic mass is 16.2. The third-order valence-electron chi connectivity index (χ3n) is 3.41. The van der Waals surface area contributed by atoms with Crippen LogP contribution in [0, 0.1) is 13.8 Å². The quantitative estimate of drug-likeness (QED) is 0.820. The van der Waals surface area contributed by atoms with Crippen LogP contribution in [0.15, 0.2) is 18.2 Å². The van der Waals surface area contributed by atoms with Crippen molar-refractivity contribution in [1.82, 2.24) is 4.90 Å². The molecular weight excluding hydrogens is 236 g/mol. The third-order valence-corrected chi connectivity index (χ3v) is 3.41. The van der Waals surface area contributed by atoms with Crippen LogP contribution in [0.3, 0.4) is 0 Å². The van der Waals surface area contributed by atoms with Gasteiger partial charge in [0.1, 0.15) is 0 Å². The number of hydrogen-bond donors (Lipinski definition) is 1. The van der Waals surface area contributed by atoms with Crippen molar-refractivity contribution in [2.75, 3.05) is 19.6 Å². The minimum Gasteiger partial charge on any atom is -0.342 e. The van der Waals surface area contributed by atoms with E-state index in [1.807, 2.05) is 11.0 Å². The fraction of sp³-hybridized carbons (Fsp3) is 0.562. The van der Waals surface area contributed by atoms with Crippen LogP contribution in [-0.4, -0.2) is 30.4 Å². The molecule has 1 aromatic rings. The van der Waals surface area contributed by atoms with Crippen molar-refractivity contribution in [2.45, 2.75) is 40.0 Å². The van der Waals surface area contributed by atoms with E-state index in [1.165, 1.54) is 11.1 Å². The van der Waals surface area contributed by atoms with E-state index < -0.39 is 0 Å². The van der Waals surface area contributed by atoms with Gasteiger partial charge in [-0.05, 0) is 49.9 Å². The number of rotatable bonds is 7. The predicted molar refractivity (Wildman–Crippen MR) is 80.2 cm³/mol. The number of hydrogen-bond acceptors (Lipinski definition) is 2. The lowest BCUT2D eigenvalue weighted by molar-refractivity contribution is -0.130. The van der Waals surface area contributed by atoms with Gasteiger partial charge < -0.3 is 10.6 Å². The highest BCUT2D eigenvalue weighted by Gasteiger charge is 2.12. The summed E-state index contributed by atoms with van der Waals surface area (Å²) in [5.41, 5.74) is 9.14. The molecule has 0 radical (unpaired) electrons. The van der Waals surface area contributed by atoms with Crippen molar-refractivity contribution < 1.29 is 4.79 Å². The summed E-state index contributed by atoms with van der Waals surface area (Å²) < 4.78 is 0. The molecule has 3 nitrogen and oxygen atoms in total. The van der Waals surface area contributed by atoms with Crippen LogP contribution < -0.4 is 5.73 Å². The Balaban J connectivity index is 2.66. The zero-order chi connectivity index (χ0) is 14.3. The van der Waals surface area contributed by atoms with Gasteiger partial charge in [-0.15, -0.1) is 0 Å². The first-order valence-corrected chi connectivity index (χ1v) is 7.12. The molecule has 0 aliphatic heterocycles. The van der Waals surface area contributed by atoms with Gasteiger partial charge in [-0.2, -0.15) is 0 Å². The fourth-order valence-electron chi connectivity index (χ4n) is 2.11. The van der Waals surface area contributed by atoms with Crippen LogP contribution in [0.2, 0.25) is 0 Å². The summed E-state index contributed by atoms with van der Waals surface area (Å²) in [5.74, 6) is 0.207. The van der Waals surface area contributed by atoms with Gasteiger partial charge in [0.05, 0.1) is 6.42 Å². The summed E-state index contributed by atoms with van der Waals surface area (Å²) >= 11 is 0. The van der Waals surface area contributed by atoms with Crippen molar-refractivity contribution in [2.24, 2.45) is 5.73 Å². The topological polar surface area (TPSA) is 46.3 Å². The van der Waals surface area contributed by atoms with Crippen molar-refractivity contribution in [3.05, 3.63) is 34.9 Å². The molecular formula is C16H26N2O. The molecule has 2 N–H and O–H groups in total. The molecule has 0 aromatic heterocycles. The second-order valence-electron chi connectivity index (χ2n) is 5.12. The van der Waals surface area contributed by atoms with E-state index in [1.54, 1.807) is 0 Å². The molecule has 0 unspecified atom stereocenters. The van der Waals surface area contributed by atoms with Crippen molar-refractivity contribution in [3.63, 3.8) is 0 Å². The third kappa shape index (κ3) is 5.03. The van der Waals surface area contributed by atoms with Gasteiger partial charge in [0.25, 0.3) is 0 Å². The van der Waals surface area contributed by atoms with Crippen molar-refractivity contribution in [3.8, 4) is 0 Å². The Bertz CT molecular complexity index is 415. The first kappa shape index (κ1) is 15.7. The number of carbonyl (C=O) groups is 1. The van der Waals surface area contributed by atoms with Crippen LogP contribution in [0.5, 0.6) is 0 Å². The monoisotopic (exact) mass is 262 g/mol. The summed E-state index contributed by atoms with van der Waals surface area (Å²) in [5, 5.41) is 0. The molecule has 0 atom stereocenters. The van der Waals surface area contributed by atoms with E-state index in [-0.39, 0.29) is 5.91 Å². The average molecular weight is 262 g/mol. The summed E-state index contributed by atoms with van der Waals surface area (Å²) in [4.78, 5) is 14.2. The van der Waals surface area contributed by atoms with Gasteiger partial charge in [0.2, 0.25) is 5.91 Å². The van der Waals surface area contributed by atoms with Crippen LogP contribution in [0.25, 0.3) is 0 Å². The van der Waals surface area contributed by atoms with E-state index in [9.17, 15) is 4.79 Å². The second-order valence-corrected chi connectivity index (χ2v) is 5.12. The molecule has 1 rings (SSSR count). The highest BCUT2D eigenvalue weighted by molar-refractivity contribution is 5.78. The van der Waals surface area contributed by atoms with Gasteiger partial charge in [-0.1, -0.05) is 25.1 Å². The van der Waals surface area contributed by atoms with Crippen LogP contribution in [0.4, 0.5) is 0 Å². The molecule has 3 heteroatoms. The molecule has 0 spiro atoms. The fourth-order valence-corrected chi connectivity index (χ4v) is 2.11. The maximum atomic E-state index is 12.3. The Hall–Kier alpha value is -1.35. The Kier molecular flexibility index (Phi) is 6.57. The van der Waals surface area contributed by atoms with Gasteiger partial charge in [-0.3, -0.25) is 4.79 Å². The largest absolute Gasteiger partial charge is 0.342 e. The molecule has 19 heavy (non-hydrogen) atoms. The number of carbonyl (C=O) groups excluding carboxylic acids is 1. The van der Waals surface area contributed by atoms with Gasteiger partial charge in [0, 0.05) is 13.1 Å². The molecule has 0 saturated carbocycles. The minimum atomic E-state index is 0.207. The Labute approximate surface area is 116 Å². The molecule has 106 valence electrons. The average Bonchev–Trinajstić information content (AvgIpc) is 2.38. The molecule has 0 saturated heterocycles.